The highest BCUT2D eigenvalue weighted by Crippen LogP contribution is 2.36. The Morgan fingerprint density at radius 2 is 1.31 bits per heavy atom. The molecule has 10 heteroatoms. The highest BCUT2D eigenvalue weighted by Gasteiger charge is 2.19. The van der Waals surface area contributed by atoms with E-state index in [1.165, 1.54) is 0 Å². The number of hydrogen-bond acceptors (Lipinski definition) is 6. The van der Waals surface area contributed by atoms with Gasteiger partial charge >= 0.3 is 0 Å². The average molecular weight is 750 g/mol. The molecule has 8 aromatic rings. The Morgan fingerprint density at radius 3 is 2.06 bits per heavy atom. The van der Waals surface area contributed by atoms with Crippen LogP contribution in [0.4, 0.5) is 0 Å². The summed E-state index contributed by atoms with van der Waals surface area (Å²) in [6, 6.07) is 30.9. The summed E-state index contributed by atoms with van der Waals surface area (Å²) in [5, 5.41) is 1.67. The predicted octanol–water partition coefficient (Wildman–Crippen LogP) is 10.3. The molecule has 0 spiro atoms. The molecule has 2 N–H and O–H groups in total. The summed E-state index contributed by atoms with van der Waals surface area (Å²) in [4.78, 5) is 52.3. The molecule has 0 bridgehead atoms. The lowest BCUT2D eigenvalue weighted by molar-refractivity contribution is 0.852. The molecule has 6 aromatic heterocycles. The smallest absolute Gasteiger partial charge is 0.194 e. The van der Waals surface area contributed by atoms with Crippen LogP contribution in [-0.2, 0) is 6.42 Å². The number of halogens is 2. The van der Waals surface area contributed by atoms with Crippen molar-refractivity contribution in [3.05, 3.63) is 162 Å². The number of aryl methyl sites for hydroxylation is 2. The van der Waals surface area contributed by atoms with Crippen molar-refractivity contribution in [3.8, 4) is 44.8 Å². The Labute approximate surface area is 321 Å². The molecule has 0 unspecified atom stereocenters. The highest BCUT2D eigenvalue weighted by atomic mass is 35.5. The lowest BCUT2D eigenvalue weighted by Crippen LogP contribution is -2.12. The largest absolute Gasteiger partial charge is 0.346 e. The van der Waals surface area contributed by atoms with Crippen LogP contribution >= 0.6 is 23.2 Å². The van der Waals surface area contributed by atoms with Gasteiger partial charge in [-0.2, -0.15) is 0 Å². The normalized spacial score (nSPS) is 11.5. The zero-order valence-corrected chi connectivity index (χ0v) is 31.5. The number of hydrogen-bond donors (Lipinski definition) is 2. The lowest BCUT2D eigenvalue weighted by atomic mass is 9.95. The number of nitrogens with zero attached hydrogens (tertiary/aromatic N) is 4. The molecular weight excluding hydrogens is 715 g/mol. The van der Waals surface area contributed by atoms with E-state index in [-0.39, 0.29) is 16.8 Å². The van der Waals surface area contributed by atoms with Gasteiger partial charge in [-0.15, -0.1) is 0 Å². The van der Waals surface area contributed by atoms with Gasteiger partial charge in [0.15, 0.2) is 10.9 Å². The van der Waals surface area contributed by atoms with Crippen molar-refractivity contribution >= 4 is 45.3 Å². The molecule has 0 aliphatic carbocycles. The summed E-state index contributed by atoms with van der Waals surface area (Å²) in [7, 11) is 0. The van der Waals surface area contributed by atoms with Crippen LogP contribution in [0, 0.1) is 13.8 Å². The first-order valence-electron chi connectivity index (χ1n) is 17.6. The molecule has 0 fully saturated rings. The van der Waals surface area contributed by atoms with Gasteiger partial charge in [0.25, 0.3) is 0 Å². The third-order valence-corrected chi connectivity index (χ3v) is 9.88. The molecule has 0 saturated heterocycles. The summed E-state index contributed by atoms with van der Waals surface area (Å²) in [6.45, 7) is 7.72. The van der Waals surface area contributed by atoms with E-state index in [0.29, 0.717) is 50.1 Å². The van der Waals surface area contributed by atoms with Crippen LogP contribution in [0.25, 0.3) is 66.8 Å². The summed E-state index contributed by atoms with van der Waals surface area (Å²) in [6.07, 6.45) is 2.22. The van der Waals surface area contributed by atoms with Gasteiger partial charge in [0, 0.05) is 63.6 Å². The molecule has 8 nitrogen and oxygen atoms in total. The van der Waals surface area contributed by atoms with Crippen LogP contribution in [0.5, 0.6) is 0 Å². The number of rotatable bonds is 7. The van der Waals surface area contributed by atoms with Gasteiger partial charge < -0.3 is 9.97 Å². The van der Waals surface area contributed by atoms with Crippen LogP contribution < -0.4 is 10.9 Å². The van der Waals surface area contributed by atoms with Gasteiger partial charge in [-0.1, -0.05) is 85.6 Å². The monoisotopic (exact) mass is 748 g/mol. The zero-order chi connectivity index (χ0) is 37.7. The minimum absolute atomic E-state index is 0.0468. The van der Waals surface area contributed by atoms with Gasteiger partial charge in [0.1, 0.15) is 21.6 Å². The predicted molar refractivity (Wildman–Crippen MR) is 218 cm³/mol. The topological polar surface area (TPSA) is 117 Å². The highest BCUT2D eigenvalue weighted by molar-refractivity contribution is 6.30. The molecule has 0 aliphatic rings. The lowest BCUT2D eigenvalue weighted by Gasteiger charge is -2.15. The summed E-state index contributed by atoms with van der Waals surface area (Å²) < 4.78 is 0. The number of fused-ring (bicyclic) bond motifs is 2. The first kappa shape index (κ1) is 35.1. The molecule has 266 valence electrons. The molecule has 54 heavy (non-hydrogen) atoms. The third-order valence-electron chi connectivity index (χ3n) is 9.49. The molecular formula is C44H34Cl2N6O2. The number of aromatic amines is 2. The molecule has 0 radical (unpaired) electrons. The molecule has 8 rings (SSSR count). The Kier molecular flexibility index (Phi) is 9.17. The van der Waals surface area contributed by atoms with Crippen molar-refractivity contribution in [2.45, 2.75) is 40.0 Å². The van der Waals surface area contributed by atoms with Crippen LogP contribution in [0.15, 0.2) is 113 Å². The van der Waals surface area contributed by atoms with Crippen LogP contribution in [0.2, 0.25) is 10.3 Å². The van der Waals surface area contributed by atoms with E-state index in [2.05, 4.69) is 21.0 Å². The first-order valence-corrected chi connectivity index (χ1v) is 18.3. The van der Waals surface area contributed by atoms with E-state index in [0.717, 1.165) is 61.7 Å². The first-order chi connectivity index (χ1) is 26.0. The minimum atomic E-state index is -0.114. The standard InChI is InChI=1S/C44H34Cl2N6O2/c1-23(2)36-22-47-43-35(42(36)54)21-33(40(51-43)27-10-6-5-7-11-27)30-17-31(50-39(46)19-30)16-26-9-8-12-28(15-26)41-32(29-13-24(3)48-38(45)18-29)20-34-37(53)14-25(4)49-44(34)52-41/h5-15,17-23H,16H2,1-4H3,(H,47,51,54)(H,49,52,53). The van der Waals surface area contributed by atoms with Crippen molar-refractivity contribution in [2.75, 3.05) is 0 Å². The molecule has 0 aliphatic heterocycles. The molecule has 0 saturated carbocycles. The summed E-state index contributed by atoms with van der Waals surface area (Å²) >= 11 is 13.2. The zero-order valence-electron chi connectivity index (χ0n) is 30.0. The van der Waals surface area contributed by atoms with E-state index in [4.69, 9.17) is 38.2 Å². The number of aromatic nitrogens is 6. The van der Waals surface area contributed by atoms with E-state index in [1.54, 1.807) is 18.3 Å². The van der Waals surface area contributed by atoms with E-state index in [1.807, 2.05) is 107 Å². The maximum Gasteiger partial charge on any atom is 0.194 e. The molecule has 6 heterocycles. The fourth-order valence-electron chi connectivity index (χ4n) is 6.98. The van der Waals surface area contributed by atoms with Crippen molar-refractivity contribution in [1.82, 2.24) is 29.9 Å². The minimum Gasteiger partial charge on any atom is -0.346 e. The van der Waals surface area contributed by atoms with Crippen molar-refractivity contribution in [2.24, 2.45) is 0 Å². The number of H-pyrrole nitrogens is 2. The van der Waals surface area contributed by atoms with Gasteiger partial charge in [0.05, 0.1) is 22.2 Å². The fraction of sp³-hybridized carbons (Fsp3) is 0.136. The van der Waals surface area contributed by atoms with Crippen molar-refractivity contribution < 1.29 is 0 Å². The Bertz CT molecular complexity index is 2860. The number of pyridine rings is 6. The fourth-order valence-corrected chi connectivity index (χ4v) is 7.46. The Balaban J connectivity index is 1.25. The number of benzene rings is 2. The second-order valence-electron chi connectivity index (χ2n) is 13.8. The quantitative estimate of drug-likeness (QED) is 0.157. The summed E-state index contributed by atoms with van der Waals surface area (Å²) in [5.74, 6) is 0.0482. The van der Waals surface area contributed by atoms with Crippen LogP contribution in [-0.4, -0.2) is 29.9 Å². The molecule has 0 amide bonds. The van der Waals surface area contributed by atoms with Gasteiger partial charge in [-0.25, -0.2) is 19.9 Å². The third kappa shape index (κ3) is 6.82. The molecule has 2 aromatic carbocycles. The van der Waals surface area contributed by atoms with E-state index >= 15 is 0 Å². The maximum absolute atomic E-state index is 13.6. The Morgan fingerprint density at radius 1 is 0.648 bits per heavy atom. The second-order valence-corrected chi connectivity index (χ2v) is 14.6. The van der Waals surface area contributed by atoms with Crippen molar-refractivity contribution in [3.63, 3.8) is 0 Å². The number of nitrogens with one attached hydrogen (secondary N) is 2. The van der Waals surface area contributed by atoms with E-state index in [9.17, 15) is 9.59 Å². The SMILES string of the molecule is Cc1cc(-c2cc3c(=O)cc(C)[nH]c3nc2-c2cccc(Cc3cc(-c4cc5c(=O)c(C(C)C)c[nH]c5nc4-c4ccccc4)cc(Cl)n3)c2)cc(Cl)n1. The van der Waals surface area contributed by atoms with Gasteiger partial charge in [0.2, 0.25) is 0 Å². The Hall–Kier alpha value is -5.96. The van der Waals surface area contributed by atoms with Crippen molar-refractivity contribution in [1.29, 1.82) is 0 Å². The maximum atomic E-state index is 13.6. The van der Waals surface area contributed by atoms with Crippen LogP contribution in [0.3, 0.4) is 0 Å². The van der Waals surface area contributed by atoms with E-state index < -0.39 is 0 Å². The second kappa shape index (κ2) is 14.1. The summed E-state index contributed by atoms with van der Waals surface area (Å²) in [5.41, 5.74) is 11.1. The molecule has 0 atom stereocenters. The van der Waals surface area contributed by atoms with Gasteiger partial charge in [-0.3, -0.25) is 9.59 Å². The average Bonchev–Trinajstić information content (AvgIpc) is 3.14. The van der Waals surface area contributed by atoms with Gasteiger partial charge in [-0.05, 0) is 78.9 Å². The van der Waals surface area contributed by atoms with Crippen LogP contribution in [0.1, 0.15) is 48.0 Å².